The van der Waals surface area contributed by atoms with Gasteiger partial charge in [0, 0.05) is 11.3 Å². The summed E-state index contributed by atoms with van der Waals surface area (Å²) in [4.78, 5) is 13.2. The van der Waals surface area contributed by atoms with Gasteiger partial charge in [0.1, 0.15) is 30.8 Å². The van der Waals surface area contributed by atoms with Crippen molar-refractivity contribution >= 4 is 11.9 Å². The third kappa shape index (κ3) is 4.74. The van der Waals surface area contributed by atoms with Gasteiger partial charge < -0.3 is 14.8 Å². The van der Waals surface area contributed by atoms with E-state index in [4.69, 9.17) is 9.47 Å². The van der Waals surface area contributed by atoms with Crippen LogP contribution < -0.4 is 10.1 Å². The zero-order chi connectivity index (χ0) is 24.2. The molecule has 0 saturated heterocycles. The molecule has 0 saturated carbocycles. The molecule has 0 spiro atoms. The number of allylic oxidation sites excluding steroid dienone is 1. The number of tetrazole rings is 1. The molecule has 35 heavy (non-hydrogen) atoms. The standard InChI is InChI=1S/C26H22FN5O3/c1-17-23(25(33)35-15-18-7-3-2-4-8-18)24(32-26(28-17)29-30-31-32)19-11-13-21(14-12-19)34-16-20-9-5-6-10-22(20)27/h2-14,24H,15-16H2,1H3,(H,28,29,31). The Labute approximate surface area is 201 Å². The first kappa shape index (κ1) is 22.3. The van der Waals surface area contributed by atoms with E-state index in [0.717, 1.165) is 11.1 Å². The molecule has 1 atom stereocenters. The molecular formula is C26H22FN5O3. The SMILES string of the molecule is CC1=C(C(=O)OCc2ccccc2)C(c2ccc(OCc3ccccc3F)cc2)n2nnnc2N1. The van der Waals surface area contributed by atoms with E-state index in [0.29, 0.717) is 28.5 Å². The second-order valence-corrected chi connectivity index (χ2v) is 8.02. The molecule has 0 radical (unpaired) electrons. The molecule has 1 aliphatic rings. The van der Waals surface area contributed by atoms with Gasteiger partial charge in [-0.1, -0.05) is 65.8 Å². The Morgan fingerprint density at radius 2 is 1.74 bits per heavy atom. The first-order valence-corrected chi connectivity index (χ1v) is 11.0. The predicted octanol–water partition coefficient (Wildman–Crippen LogP) is 4.42. The van der Waals surface area contributed by atoms with E-state index < -0.39 is 12.0 Å². The second-order valence-electron chi connectivity index (χ2n) is 8.02. The van der Waals surface area contributed by atoms with Crippen molar-refractivity contribution in [3.8, 4) is 5.75 Å². The summed E-state index contributed by atoms with van der Waals surface area (Å²) in [6.45, 7) is 2.04. The largest absolute Gasteiger partial charge is 0.489 e. The fourth-order valence-corrected chi connectivity index (χ4v) is 3.91. The number of nitrogens with one attached hydrogen (secondary N) is 1. The first-order chi connectivity index (χ1) is 17.1. The summed E-state index contributed by atoms with van der Waals surface area (Å²) in [6.07, 6.45) is 0. The van der Waals surface area contributed by atoms with Crippen LogP contribution in [0.5, 0.6) is 5.75 Å². The zero-order valence-electron chi connectivity index (χ0n) is 18.9. The summed E-state index contributed by atoms with van der Waals surface area (Å²) in [5, 5.41) is 14.9. The van der Waals surface area contributed by atoms with Crippen molar-refractivity contribution in [2.45, 2.75) is 26.2 Å². The Kier molecular flexibility index (Phi) is 6.21. The quantitative estimate of drug-likeness (QED) is 0.399. The molecule has 1 unspecified atom stereocenters. The van der Waals surface area contributed by atoms with E-state index in [1.807, 2.05) is 42.5 Å². The topological polar surface area (TPSA) is 91.2 Å². The molecule has 176 valence electrons. The Morgan fingerprint density at radius 3 is 2.51 bits per heavy atom. The van der Waals surface area contributed by atoms with E-state index in [2.05, 4.69) is 20.8 Å². The zero-order valence-corrected chi connectivity index (χ0v) is 18.9. The lowest BCUT2D eigenvalue weighted by Gasteiger charge is -2.27. The maximum atomic E-state index is 13.9. The average molecular weight is 471 g/mol. The Hall–Kier alpha value is -4.53. The minimum absolute atomic E-state index is 0.104. The monoisotopic (exact) mass is 471 g/mol. The second kappa shape index (κ2) is 9.76. The third-order valence-electron chi connectivity index (χ3n) is 5.69. The van der Waals surface area contributed by atoms with Crippen LogP contribution >= 0.6 is 0 Å². The number of benzene rings is 3. The van der Waals surface area contributed by atoms with Crippen LogP contribution in [0.4, 0.5) is 10.3 Å². The molecule has 0 bridgehead atoms. The number of rotatable bonds is 7. The van der Waals surface area contributed by atoms with Crippen molar-refractivity contribution in [3.63, 3.8) is 0 Å². The number of ether oxygens (including phenoxy) is 2. The molecule has 0 aliphatic carbocycles. The van der Waals surface area contributed by atoms with Gasteiger partial charge in [0.05, 0.1) is 5.57 Å². The number of anilines is 1. The van der Waals surface area contributed by atoms with Crippen molar-refractivity contribution in [1.29, 1.82) is 0 Å². The predicted molar refractivity (Wildman–Crippen MR) is 126 cm³/mol. The van der Waals surface area contributed by atoms with Gasteiger partial charge >= 0.3 is 5.97 Å². The van der Waals surface area contributed by atoms with Crippen LogP contribution in [0.25, 0.3) is 0 Å². The summed E-state index contributed by atoms with van der Waals surface area (Å²) in [5.74, 6) is 0.206. The summed E-state index contributed by atoms with van der Waals surface area (Å²) >= 11 is 0. The number of hydrogen-bond donors (Lipinski definition) is 1. The lowest BCUT2D eigenvalue weighted by molar-refractivity contribution is -0.140. The van der Waals surface area contributed by atoms with Gasteiger partial charge in [-0.05, 0) is 46.7 Å². The van der Waals surface area contributed by atoms with E-state index in [-0.39, 0.29) is 19.0 Å². The van der Waals surface area contributed by atoms with Crippen molar-refractivity contribution < 1.29 is 18.7 Å². The van der Waals surface area contributed by atoms with Crippen LogP contribution in [0.3, 0.4) is 0 Å². The summed E-state index contributed by atoms with van der Waals surface area (Å²) in [6, 6.07) is 22.6. The van der Waals surface area contributed by atoms with Crippen molar-refractivity contribution in [3.05, 3.63) is 113 Å². The first-order valence-electron chi connectivity index (χ1n) is 11.0. The van der Waals surface area contributed by atoms with Crippen LogP contribution in [0, 0.1) is 5.82 Å². The highest BCUT2D eigenvalue weighted by Gasteiger charge is 2.35. The van der Waals surface area contributed by atoms with Gasteiger partial charge in [-0.3, -0.25) is 0 Å². The number of hydrogen-bond acceptors (Lipinski definition) is 7. The molecule has 8 nitrogen and oxygen atoms in total. The molecule has 3 aromatic carbocycles. The van der Waals surface area contributed by atoms with E-state index >= 15 is 0 Å². The number of carbonyl (C=O) groups is 1. The number of halogens is 1. The highest BCUT2D eigenvalue weighted by Crippen LogP contribution is 2.35. The van der Waals surface area contributed by atoms with Gasteiger partial charge in [0.25, 0.3) is 0 Å². The minimum Gasteiger partial charge on any atom is -0.489 e. The average Bonchev–Trinajstić information content (AvgIpc) is 3.35. The summed E-state index contributed by atoms with van der Waals surface area (Å²) in [7, 11) is 0. The van der Waals surface area contributed by atoms with Gasteiger partial charge in [-0.15, -0.1) is 0 Å². The number of esters is 1. The lowest BCUT2D eigenvalue weighted by Crippen LogP contribution is -2.29. The van der Waals surface area contributed by atoms with Crippen molar-refractivity contribution in [1.82, 2.24) is 20.2 Å². The maximum Gasteiger partial charge on any atom is 0.338 e. The van der Waals surface area contributed by atoms with Gasteiger partial charge in [-0.2, -0.15) is 4.68 Å². The summed E-state index contributed by atoms with van der Waals surface area (Å²) < 4.78 is 26.8. The Bertz CT molecular complexity index is 1370. The molecule has 1 aromatic heterocycles. The number of carbonyl (C=O) groups excluding carboxylic acids is 1. The van der Waals surface area contributed by atoms with Gasteiger partial charge in [-0.25, -0.2) is 9.18 Å². The van der Waals surface area contributed by atoms with Crippen LogP contribution in [0.2, 0.25) is 0 Å². The Morgan fingerprint density at radius 1 is 1.00 bits per heavy atom. The number of nitrogens with zero attached hydrogens (tertiary/aromatic N) is 4. The van der Waals surface area contributed by atoms with Crippen LogP contribution in [0.15, 0.2) is 90.1 Å². The van der Waals surface area contributed by atoms with E-state index in [9.17, 15) is 9.18 Å². The molecule has 0 fully saturated rings. The molecule has 9 heteroatoms. The lowest BCUT2D eigenvalue weighted by atomic mass is 9.95. The van der Waals surface area contributed by atoms with E-state index in [1.165, 1.54) is 6.07 Å². The Balaban J connectivity index is 1.38. The molecular weight excluding hydrogens is 449 g/mol. The summed E-state index contributed by atoms with van der Waals surface area (Å²) in [5.41, 5.74) is 3.13. The van der Waals surface area contributed by atoms with E-state index in [1.54, 1.807) is 41.9 Å². The highest BCUT2D eigenvalue weighted by molar-refractivity contribution is 5.92. The molecule has 1 N–H and O–H groups in total. The molecule has 1 aliphatic heterocycles. The smallest absolute Gasteiger partial charge is 0.338 e. The van der Waals surface area contributed by atoms with Gasteiger partial charge in [0.15, 0.2) is 0 Å². The number of aromatic nitrogens is 4. The van der Waals surface area contributed by atoms with Crippen molar-refractivity contribution in [2.24, 2.45) is 0 Å². The minimum atomic E-state index is -0.592. The third-order valence-corrected chi connectivity index (χ3v) is 5.69. The fraction of sp³-hybridized carbons (Fsp3) is 0.154. The van der Waals surface area contributed by atoms with Gasteiger partial charge in [0.2, 0.25) is 5.95 Å². The van der Waals surface area contributed by atoms with Crippen molar-refractivity contribution in [2.75, 3.05) is 5.32 Å². The van der Waals surface area contributed by atoms with Crippen LogP contribution in [0.1, 0.15) is 29.7 Å². The highest BCUT2D eigenvalue weighted by atomic mass is 19.1. The van der Waals surface area contributed by atoms with Crippen LogP contribution in [-0.2, 0) is 22.7 Å². The normalized spacial score (nSPS) is 14.7. The fourth-order valence-electron chi connectivity index (χ4n) is 3.91. The maximum absolute atomic E-state index is 13.9. The molecule has 0 amide bonds. The molecule has 2 heterocycles. The number of fused-ring (bicyclic) bond motifs is 1. The molecule has 4 aromatic rings. The van der Waals surface area contributed by atoms with Crippen LogP contribution in [-0.4, -0.2) is 26.2 Å². The molecule has 5 rings (SSSR count).